The normalized spacial score (nSPS) is 26.2. The quantitative estimate of drug-likeness (QED) is 0.711. The third-order valence-electron chi connectivity index (χ3n) is 4.84. The standard InChI is InChI=1S/C19H24N2O2S2/c1-19(2,3)23-18(22)21-12-8-9-13(21)11-14(10-12)24-17-20-15-6-4-5-7-16(15)25-17/h4-7,12-14H,8-11H2,1-3H3. The minimum absolute atomic E-state index is 0.136. The summed E-state index contributed by atoms with van der Waals surface area (Å²) < 4.78 is 8.02. The molecule has 2 unspecified atom stereocenters. The fourth-order valence-electron chi connectivity index (χ4n) is 3.88. The summed E-state index contributed by atoms with van der Waals surface area (Å²) in [5.74, 6) is 0. The highest BCUT2D eigenvalue weighted by molar-refractivity contribution is 8.01. The van der Waals surface area contributed by atoms with Gasteiger partial charge in [0.05, 0.1) is 10.2 Å². The summed E-state index contributed by atoms with van der Waals surface area (Å²) in [5.41, 5.74) is 0.660. The van der Waals surface area contributed by atoms with Crippen LogP contribution in [-0.2, 0) is 4.74 Å². The lowest BCUT2D eigenvalue weighted by Gasteiger charge is -2.39. The van der Waals surface area contributed by atoms with E-state index < -0.39 is 5.60 Å². The Morgan fingerprint density at radius 2 is 1.92 bits per heavy atom. The van der Waals surface area contributed by atoms with E-state index in [1.807, 2.05) is 43.5 Å². The summed E-state index contributed by atoms with van der Waals surface area (Å²) in [4.78, 5) is 19.3. The van der Waals surface area contributed by atoms with Crippen molar-refractivity contribution < 1.29 is 9.53 Å². The molecule has 0 saturated carbocycles. The van der Waals surface area contributed by atoms with Gasteiger partial charge in [-0.15, -0.1) is 11.3 Å². The number of thioether (sulfide) groups is 1. The Hall–Kier alpha value is -1.27. The number of piperidine rings is 1. The smallest absolute Gasteiger partial charge is 0.410 e. The second-order valence-corrected chi connectivity index (χ2v) is 10.5. The maximum absolute atomic E-state index is 12.5. The number of rotatable bonds is 2. The van der Waals surface area contributed by atoms with Crippen LogP contribution in [0.15, 0.2) is 28.6 Å². The van der Waals surface area contributed by atoms with Gasteiger partial charge in [-0.05, 0) is 58.6 Å². The van der Waals surface area contributed by atoms with Crippen LogP contribution in [0.25, 0.3) is 10.2 Å². The second-order valence-electron chi connectivity index (χ2n) is 7.93. The van der Waals surface area contributed by atoms with E-state index in [1.54, 1.807) is 11.3 Å². The predicted molar refractivity (Wildman–Crippen MR) is 103 cm³/mol. The molecule has 2 atom stereocenters. The Kier molecular flexibility index (Phi) is 4.44. The van der Waals surface area contributed by atoms with E-state index in [0.717, 1.165) is 35.5 Å². The van der Waals surface area contributed by atoms with Crippen LogP contribution >= 0.6 is 23.1 Å². The summed E-state index contributed by atoms with van der Waals surface area (Å²) in [6.07, 6.45) is 4.14. The van der Waals surface area contributed by atoms with E-state index in [1.165, 1.54) is 4.70 Å². The van der Waals surface area contributed by atoms with Gasteiger partial charge in [0.2, 0.25) is 0 Å². The number of fused-ring (bicyclic) bond motifs is 3. The predicted octanol–water partition coefficient (Wildman–Crippen LogP) is 5.32. The number of nitrogens with zero attached hydrogens (tertiary/aromatic N) is 2. The van der Waals surface area contributed by atoms with Gasteiger partial charge >= 0.3 is 6.09 Å². The van der Waals surface area contributed by atoms with Gasteiger partial charge in [-0.25, -0.2) is 9.78 Å². The van der Waals surface area contributed by atoms with E-state index in [9.17, 15) is 4.79 Å². The Bertz CT molecular complexity index is 736. The van der Waals surface area contributed by atoms with Crippen LogP contribution in [0.5, 0.6) is 0 Å². The zero-order chi connectivity index (χ0) is 17.6. The molecule has 1 aromatic heterocycles. The van der Waals surface area contributed by atoms with E-state index in [-0.39, 0.29) is 6.09 Å². The van der Waals surface area contributed by atoms with Crippen molar-refractivity contribution in [3.8, 4) is 0 Å². The van der Waals surface area contributed by atoms with Gasteiger partial charge < -0.3 is 9.64 Å². The molecule has 1 aromatic carbocycles. The van der Waals surface area contributed by atoms with Gasteiger partial charge in [0.1, 0.15) is 5.60 Å². The number of carbonyl (C=O) groups excluding carboxylic acids is 1. The minimum atomic E-state index is -0.427. The molecule has 2 bridgehead atoms. The molecule has 6 heteroatoms. The Labute approximate surface area is 156 Å². The minimum Gasteiger partial charge on any atom is -0.444 e. The van der Waals surface area contributed by atoms with Gasteiger partial charge in [0.15, 0.2) is 4.34 Å². The van der Waals surface area contributed by atoms with Crippen molar-refractivity contribution in [1.82, 2.24) is 9.88 Å². The largest absolute Gasteiger partial charge is 0.444 e. The van der Waals surface area contributed by atoms with Gasteiger partial charge in [-0.2, -0.15) is 0 Å². The van der Waals surface area contributed by atoms with Crippen LogP contribution in [0.3, 0.4) is 0 Å². The monoisotopic (exact) mass is 376 g/mol. The van der Waals surface area contributed by atoms with Gasteiger partial charge in [-0.1, -0.05) is 23.9 Å². The number of ether oxygens (including phenoxy) is 1. The van der Waals surface area contributed by atoms with Crippen molar-refractivity contribution in [1.29, 1.82) is 0 Å². The number of thiazole rings is 1. The van der Waals surface area contributed by atoms with Crippen molar-refractivity contribution in [2.24, 2.45) is 0 Å². The third-order valence-corrected chi connectivity index (χ3v) is 7.22. The fourth-order valence-corrected chi connectivity index (χ4v) is 6.52. The molecule has 2 fully saturated rings. The molecule has 25 heavy (non-hydrogen) atoms. The van der Waals surface area contributed by atoms with Crippen LogP contribution in [-0.4, -0.2) is 38.9 Å². The van der Waals surface area contributed by atoms with Gasteiger partial charge in [0.25, 0.3) is 0 Å². The first-order valence-corrected chi connectivity index (χ1v) is 10.6. The second kappa shape index (κ2) is 6.47. The maximum atomic E-state index is 12.5. The van der Waals surface area contributed by atoms with Crippen molar-refractivity contribution in [3.05, 3.63) is 24.3 Å². The Balaban J connectivity index is 1.43. The zero-order valence-corrected chi connectivity index (χ0v) is 16.5. The molecule has 4 rings (SSSR count). The topological polar surface area (TPSA) is 42.4 Å². The molecule has 2 saturated heterocycles. The first-order valence-electron chi connectivity index (χ1n) is 8.92. The van der Waals surface area contributed by atoms with E-state index in [2.05, 4.69) is 18.2 Å². The van der Waals surface area contributed by atoms with Crippen molar-refractivity contribution in [2.45, 2.75) is 73.7 Å². The molecular formula is C19H24N2O2S2. The van der Waals surface area contributed by atoms with Gasteiger partial charge in [-0.3, -0.25) is 0 Å². The average Bonchev–Trinajstić information content (AvgIpc) is 3.04. The first kappa shape index (κ1) is 17.2. The number of carbonyl (C=O) groups is 1. The van der Waals surface area contributed by atoms with Crippen molar-refractivity contribution in [2.75, 3.05) is 0 Å². The molecule has 134 valence electrons. The number of benzene rings is 1. The molecule has 0 radical (unpaired) electrons. The third kappa shape index (κ3) is 3.65. The van der Waals surface area contributed by atoms with Crippen molar-refractivity contribution in [3.63, 3.8) is 0 Å². The summed E-state index contributed by atoms with van der Waals surface area (Å²) in [6, 6.07) is 8.95. The molecule has 0 N–H and O–H groups in total. The SMILES string of the molecule is CC(C)(C)OC(=O)N1C2CCC1CC(Sc1nc3ccccc3s1)C2. The van der Waals surface area contributed by atoms with Crippen molar-refractivity contribution >= 4 is 39.4 Å². The van der Waals surface area contributed by atoms with Gasteiger partial charge in [0, 0.05) is 17.3 Å². The van der Waals surface area contributed by atoms with E-state index in [0.29, 0.717) is 17.3 Å². The molecule has 2 aliphatic heterocycles. The highest BCUT2D eigenvalue weighted by atomic mass is 32.2. The summed E-state index contributed by atoms with van der Waals surface area (Å²) in [7, 11) is 0. The number of hydrogen-bond acceptors (Lipinski definition) is 5. The van der Waals surface area contributed by atoms with Crippen LogP contribution in [0, 0.1) is 0 Å². The molecule has 1 amide bonds. The van der Waals surface area contributed by atoms with Crippen LogP contribution < -0.4 is 0 Å². The highest BCUT2D eigenvalue weighted by Gasteiger charge is 2.45. The molecule has 2 aliphatic rings. The molecule has 0 spiro atoms. The lowest BCUT2D eigenvalue weighted by molar-refractivity contribution is 0.00842. The number of amides is 1. The Morgan fingerprint density at radius 3 is 2.56 bits per heavy atom. The van der Waals surface area contributed by atoms with E-state index in [4.69, 9.17) is 9.72 Å². The zero-order valence-electron chi connectivity index (χ0n) is 14.9. The number of para-hydroxylation sites is 1. The first-order chi connectivity index (χ1) is 11.9. The fraction of sp³-hybridized carbons (Fsp3) is 0.579. The molecule has 0 aliphatic carbocycles. The molecular weight excluding hydrogens is 352 g/mol. The maximum Gasteiger partial charge on any atom is 0.410 e. The summed E-state index contributed by atoms with van der Waals surface area (Å²) in [5, 5.41) is 0.539. The van der Waals surface area contributed by atoms with Crippen LogP contribution in [0.2, 0.25) is 0 Å². The van der Waals surface area contributed by atoms with Crippen LogP contribution in [0.4, 0.5) is 4.79 Å². The average molecular weight is 377 g/mol. The lowest BCUT2D eigenvalue weighted by atomic mass is 10.0. The number of aromatic nitrogens is 1. The summed E-state index contributed by atoms with van der Waals surface area (Å²) >= 11 is 3.67. The van der Waals surface area contributed by atoms with Crippen LogP contribution in [0.1, 0.15) is 46.5 Å². The highest BCUT2D eigenvalue weighted by Crippen LogP contribution is 2.44. The Morgan fingerprint density at radius 1 is 1.24 bits per heavy atom. The number of hydrogen-bond donors (Lipinski definition) is 0. The molecule has 3 heterocycles. The molecule has 2 aromatic rings. The van der Waals surface area contributed by atoms with E-state index >= 15 is 0 Å². The summed E-state index contributed by atoms with van der Waals surface area (Å²) in [6.45, 7) is 5.80. The lowest BCUT2D eigenvalue weighted by Crippen LogP contribution is -2.49. The molecule has 4 nitrogen and oxygen atoms in total.